The number of benzene rings is 2. The van der Waals surface area contributed by atoms with Gasteiger partial charge in [0.25, 0.3) is 0 Å². The number of rotatable bonds is 2. The van der Waals surface area contributed by atoms with Gasteiger partial charge in [0.1, 0.15) is 0 Å². The van der Waals surface area contributed by atoms with Gasteiger partial charge in [-0.15, -0.1) is 0 Å². The van der Waals surface area contributed by atoms with Crippen molar-refractivity contribution in [3.8, 4) is 11.1 Å². The molecular weight excluding hydrogens is 251 g/mol. The fourth-order valence-electron chi connectivity index (χ4n) is 1.63. The summed E-state index contributed by atoms with van der Waals surface area (Å²) in [6.45, 7) is 4.26. The van der Waals surface area contributed by atoms with Crippen LogP contribution in [0.25, 0.3) is 11.1 Å². The Morgan fingerprint density at radius 2 is 1.42 bits per heavy atom. The lowest BCUT2D eigenvalue weighted by Crippen LogP contribution is -2.19. The van der Waals surface area contributed by atoms with Gasteiger partial charge in [0.2, 0.25) is 0 Å². The zero-order chi connectivity index (χ0) is 14.3. The lowest BCUT2D eigenvalue weighted by Gasteiger charge is -2.05. The van der Waals surface area contributed by atoms with Crippen LogP contribution in [0.2, 0.25) is 0 Å². The first-order valence-electron chi connectivity index (χ1n) is 6.31. The molecule has 2 aromatic rings. The van der Waals surface area contributed by atoms with Crippen molar-refractivity contribution < 1.29 is 0 Å². The van der Waals surface area contributed by atoms with Crippen LogP contribution in [0.15, 0.2) is 48.5 Å². The van der Waals surface area contributed by atoms with Gasteiger partial charge in [-0.1, -0.05) is 63.5 Å². The number of hydrazine groups is 1. The Morgan fingerprint density at radius 1 is 0.895 bits per heavy atom. The van der Waals surface area contributed by atoms with Crippen LogP contribution in [0, 0.1) is 13.8 Å². The molecule has 0 aliphatic carbocycles. The topological polar surface area (TPSA) is 15.3 Å². The van der Waals surface area contributed by atoms with Crippen LogP contribution in [0.5, 0.6) is 0 Å². The Morgan fingerprint density at radius 3 is 1.89 bits per heavy atom. The molecule has 3 heteroatoms. The number of nitrogens with one attached hydrogen (secondary N) is 1. The molecule has 19 heavy (non-hydrogen) atoms. The summed E-state index contributed by atoms with van der Waals surface area (Å²) in [5, 5.41) is 4.62. The molecule has 2 nitrogen and oxygen atoms in total. The predicted octanol–water partition coefficient (Wildman–Crippen LogP) is 3.81. The molecule has 0 aromatic heterocycles. The zero-order valence-corrected chi connectivity index (χ0v) is 13.3. The van der Waals surface area contributed by atoms with E-state index >= 15 is 0 Å². The van der Waals surface area contributed by atoms with Gasteiger partial charge in [0.15, 0.2) is 0 Å². The van der Waals surface area contributed by atoms with Crippen molar-refractivity contribution in [2.45, 2.75) is 13.8 Å². The number of nitrogens with zero attached hydrogens (tertiary/aromatic N) is 1. The van der Waals surface area contributed by atoms with E-state index in [1.165, 1.54) is 22.3 Å². The summed E-state index contributed by atoms with van der Waals surface area (Å²) in [6.07, 6.45) is 0. The third-order valence-corrected chi connectivity index (χ3v) is 3.28. The molecule has 0 radical (unpaired) electrons. The monoisotopic (exact) mass is 274 g/mol. The molecule has 0 aliphatic heterocycles. The van der Waals surface area contributed by atoms with E-state index in [0.29, 0.717) is 0 Å². The molecule has 102 valence electrons. The van der Waals surface area contributed by atoms with Crippen LogP contribution in [0.4, 0.5) is 0 Å². The number of hydrogen-bond donors (Lipinski definition) is 1. The zero-order valence-electron chi connectivity index (χ0n) is 12.1. The molecule has 1 atom stereocenters. The molecule has 2 rings (SSSR count). The average Bonchev–Trinajstić information content (AvgIpc) is 2.41. The van der Waals surface area contributed by atoms with Crippen LogP contribution >= 0.6 is 9.39 Å². The summed E-state index contributed by atoms with van der Waals surface area (Å²) in [5.41, 5.74) is 5.26. The van der Waals surface area contributed by atoms with E-state index in [1.54, 1.807) is 0 Å². The average molecular weight is 274 g/mol. The summed E-state index contributed by atoms with van der Waals surface area (Å²) < 4.78 is 0. The summed E-state index contributed by atoms with van der Waals surface area (Å²) in [5.74, 6) is 0. The van der Waals surface area contributed by atoms with Gasteiger partial charge >= 0.3 is 0 Å². The van der Waals surface area contributed by atoms with Crippen LogP contribution in [0.3, 0.4) is 0 Å². The van der Waals surface area contributed by atoms with Crippen molar-refractivity contribution >= 4 is 9.39 Å². The fourth-order valence-corrected chi connectivity index (χ4v) is 1.63. The minimum Gasteiger partial charge on any atom is -0.248 e. The lowest BCUT2D eigenvalue weighted by atomic mass is 10.00. The van der Waals surface area contributed by atoms with Gasteiger partial charge in [-0.05, 0) is 30.5 Å². The highest BCUT2D eigenvalue weighted by atomic mass is 31.0. The third-order valence-electron chi connectivity index (χ3n) is 2.77. The Kier molecular flexibility index (Phi) is 6.72. The first kappa shape index (κ1) is 15.8. The van der Waals surface area contributed by atoms with Gasteiger partial charge < -0.3 is 0 Å². The van der Waals surface area contributed by atoms with Crippen molar-refractivity contribution in [1.82, 2.24) is 10.2 Å². The molecule has 0 amide bonds. The van der Waals surface area contributed by atoms with E-state index in [0.717, 1.165) is 0 Å². The van der Waals surface area contributed by atoms with Crippen molar-refractivity contribution in [3.05, 3.63) is 59.7 Å². The molecule has 0 heterocycles. The lowest BCUT2D eigenvalue weighted by molar-refractivity contribution is 0.385. The molecular formula is C16H23N2P. The highest BCUT2D eigenvalue weighted by molar-refractivity contribution is 7.13. The Balaban J connectivity index is 0.000000312. The molecule has 2 aromatic carbocycles. The van der Waals surface area contributed by atoms with E-state index in [4.69, 9.17) is 0 Å². The molecule has 0 spiro atoms. The molecule has 0 aliphatic rings. The van der Waals surface area contributed by atoms with Crippen LogP contribution < -0.4 is 5.20 Å². The summed E-state index contributed by atoms with van der Waals surface area (Å²) in [6, 6.07) is 17.1. The Bertz CT molecular complexity index is 492. The van der Waals surface area contributed by atoms with Gasteiger partial charge in [0, 0.05) is 14.1 Å². The van der Waals surface area contributed by atoms with E-state index in [1.807, 2.05) is 19.1 Å². The molecule has 1 unspecified atom stereocenters. The second kappa shape index (κ2) is 8.06. The number of hydrogen-bond acceptors (Lipinski definition) is 2. The quantitative estimate of drug-likeness (QED) is 0.661. The van der Waals surface area contributed by atoms with Gasteiger partial charge in [0.05, 0.1) is 0 Å². The predicted molar refractivity (Wildman–Crippen MR) is 87.9 cm³/mol. The Hall–Kier alpha value is -1.21. The number of aryl methyl sites for hydroxylation is 2. The molecule has 0 saturated heterocycles. The standard InChI is InChI=1S/C14H14.C2H9N2P/c1-11-7-9-13(10-8-11)14-6-4-3-5-12(14)2;1-4(2)3-5/h3-10H,1-2H3;3H,5H2,1-2H3. The minimum atomic E-state index is 1.30. The fraction of sp³-hybridized carbons (Fsp3) is 0.250. The van der Waals surface area contributed by atoms with E-state index in [-0.39, 0.29) is 0 Å². The van der Waals surface area contributed by atoms with Crippen molar-refractivity contribution in [3.63, 3.8) is 0 Å². The SMILES string of the molecule is CN(C)NP.Cc1ccc(-c2ccccc2C)cc1. The second-order valence-electron chi connectivity index (χ2n) is 4.70. The molecule has 0 saturated carbocycles. The van der Waals surface area contributed by atoms with Crippen LogP contribution in [-0.4, -0.2) is 19.1 Å². The van der Waals surface area contributed by atoms with Gasteiger partial charge in [-0.2, -0.15) is 0 Å². The van der Waals surface area contributed by atoms with Crippen molar-refractivity contribution in [2.75, 3.05) is 14.1 Å². The second-order valence-corrected chi connectivity index (χ2v) is 4.96. The maximum atomic E-state index is 2.78. The summed E-state index contributed by atoms with van der Waals surface area (Å²) in [4.78, 5) is 0. The Labute approximate surface area is 119 Å². The summed E-state index contributed by atoms with van der Waals surface area (Å²) in [7, 11) is 6.22. The highest BCUT2D eigenvalue weighted by Crippen LogP contribution is 2.22. The van der Waals surface area contributed by atoms with Crippen molar-refractivity contribution in [1.29, 1.82) is 0 Å². The maximum absolute atomic E-state index is 2.78. The van der Waals surface area contributed by atoms with E-state index in [9.17, 15) is 0 Å². The van der Waals surface area contributed by atoms with E-state index in [2.05, 4.69) is 77.0 Å². The first-order chi connectivity index (χ1) is 9.04. The smallest absolute Gasteiger partial charge is 0.00158 e. The summed E-state index contributed by atoms with van der Waals surface area (Å²) >= 11 is 0. The first-order valence-corrected chi connectivity index (χ1v) is 6.88. The molecule has 1 N–H and O–H groups in total. The molecule has 0 fully saturated rings. The van der Waals surface area contributed by atoms with Gasteiger partial charge in [-0.25, -0.2) is 10.2 Å². The van der Waals surface area contributed by atoms with E-state index < -0.39 is 0 Å². The van der Waals surface area contributed by atoms with Crippen LogP contribution in [0.1, 0.15) is 11.1 Å². The maximum Gasteiger partial charge on any atom is 0.00158 e. The molecule has 0 bridgehead atoms. The minimum absolute atomic E-state index is 1.30. The largest absolute Gasteiger partial charge is 0.248 e. The van der Waals surface area contributed by atoms with Gasteiger partial charge in [-0.3, -0.25) is 0 Å². The third kappa shape index (κ3) is 5.52. The van der Waals surface area contributed by atoms with Crippen LogP contribution in [-0.2, 0) is 0 Å². The van der Waals surface area contributed by atoms with Crippen molar-refractivity contribution in [2.24, 2.45) is 0 Å². The normalized spacial score (nSPS) is 10.0. The highest BCUT2D eigenvalue weighted by Gasteiger charge is 1.98.